The lowest BCUT2D eigenvalue weighted by molar-refractivity contribution is -0.155. The van der Waals surface area contributed by atoms with Gasteiger partial charge in [-0.1, -0.05) is 44.2 Å². The van der Waals surface area contributed by atoms with Crippen molar-refractivity contribution in [1.82, 2.24) is 0 Å². The summed E-state index contributed by atoms with van der Waals surface area (Å²) in [4.78, 5) is 24.2. The highest BCUT2D eigenvalue weighted by Crippen LogP contribution is 2.26. The van der Waals surface area contributed by atoms with Crippen LogP contribution >= 0.6 is 0 Å². The number of esters is 1. The predicted octanol–water partition coefficient (Wildman–Crippen LogP) is 4.29. The Morgan fingerprint density at radius 3 is 2.44 bits per heavy atom. The van der Waals surface area contributed by atoms with Gasteiger partial charge in [-0.3, -0.25) is 4.79 Å². The summed E-state index contributed by atoms with van der Waals surface area (Å²) in [6.45, 7) is 5.14. The third-order valence-corrected chi connectivity index (χ3v) is 4.22. The summed E-state index contributed by atoms with van der Waals surface area (Å²) in [6.07, 6.45) is -0.0724. The second-order valence-electron chi connectivity index (χ2n) is 6.24. The van der Waals surface area contributed by atoms with E-state index in [1.54, 1.807) is 6.07 Å². The van der Waals surface area contributed by atoms with Crippen LogP contribution in [0.1, 0.15) is 38.7 Å². The molecule has 2 aromatic carbocycles. The molecular formula is C21H24FNO4. The summed E-state index contributed by atoms with van der Waals surface area (Å²) >= 11 is 0. The molecule has 0 fully saturated rings. The summed E-state index contributed by atoms with van der Waals surface area (Å²) in [5, 5.41) is 2.80. The molecule has 0 aliphatic rings. The second-order valence-corrected chi connectivity index (χ2v) is 6.24. The number of hydrogen-bond acceptors (Lipinski definition) is 4. The fraction of sp³-hybridized carbons (Fsp3) is 0.333. The molecule has 1 N–H and O–H groups in total. The van der Waals surface area contributed by atoms with E-state index in [-0.39, 0.29) is 11.7 Å². The molecule has 0 unspecified atom stereocenters. The number of nitrogens with one attached hydrogen (secondary N) is 1. The summed E-state index contributed by atoms with van der Waals surface area (Å²) in [5.74, 6) is -1.53. The molecule has 0 saturated carbocycles. The van der Waals surface area contributed by atoms with Gasteiger partial charge in [-0.05, 0) is 43.0 Å². The molecule has 6 heteroatoms. The van der Waals surface area contributed by atoms with Crippen molar-refractivity contribution in [2.24, 2.45) is 0 Å². The van der Waals surface area contributed by atoms with Gasteiger partial charge >= 0.3 is 5.97 Å². The first kappa shape index (κ1) is 20.4. The van der Waals surface area contributed by atoms with E-state index in [2.05, 4.69) is 19.2 Å². The van der Waals surface area contributed by atoms with Crippen LogP contribution in [0.5, 0.6) is 5.75 Å². The highest BCUT2D eigenvalue weighted by atomic mass is 19.1. The summed E-state index contributed by atoms with van der Waals surface area (Å²) in [7, 11) is 0. The molecule has 0 aromatic heterocycles. The molecule has 5 nitrogen and oxygen atoms in total. The number of para-hydroxylation sites is 2. The number of anilines is 1. The van der Waals surface area contributed by atoms with E-state index in [0.29, 0.717) is 5.69 Å². The van der Waals surface area contributed by atoms with Crippen LogP contribution in [-0.4, -0.2) is 24.6 Å². The highest BCUT2D eigenvalue weighted by molar-refractivity contribution is 5.95. The molecule has 2 aromatic rings. The zero-order valence-electron chi connectivity index (χ0n) is 15.7. The lowest BCUT2D eigenvalue weighted by atomic mass is 9.97. The number of rotatable bonds is 8. The van der Waals surface area contributed by atoms with E-state index < -0.39 is 30.4 Å². The number of halogens is 1. The van der Waals surface area contributed by atoms with E-state index in [9.17, 15) is 14.0 Å². The van der Waals surface area contributed by atoms with Gasteiger partial charge in [-0.15, -0.1) is 0 Å². The first-order chi connectivity index (χ1) is 12.9. The molecule has 2 atom stereocenters. The second kappa shape index (κ2) is 9.71. The van der Waals surface area contributed by atoms with Crippen LogP contribution in [0.2, 0.25) is 0 Å². The van der Waals surface area contributed by atoms with E-state index in [0.717, 1.165) is 12.0 Å². The zero-order valence-corrected chi connectivity index (χ0v) is 15.7. The molecule has 1 amide bonds. The van der Waals surface area contributed by atoms with Crippen molar-refractivity contribution < 1.29 is 23.5 Å². The van der Waals surface area contributed by atoms with Gasteiger partial charge < -0.3 is 14.8 Å². The number of benzene rings is 2. The Balaban J connectivity index is 1.90. The van der Waals surface area contributed by atoms with Crippen molar-refractivity contribution in [3.05, 3.63) is 59.9 Å². The standard InChI is InChI=1S/C21H24FNO4/c1-4-14(2)16-9-5-7-11-18(16)23-21(25)15(3)27-20(24)13-26-19-12-8-6-10-17(19)22/h5-12,14-15H,4,13H2,1-3H3,(H,23,25)/t14-,15-/m1/s1. The smallest absolute Gasteiger partial charge is 0.344 e. The van der Waals surface area contributed by atoms with Crippen molar-refractivity contribution >= 4 is 17.6 Å². The zero-order chi connectivity index (χ0) is 19.8. The van der Waals surface area contributed by atoms with Gasteiger partial charge in [0.25, 0.3) is 5.91 Å². The van der Waals surface area contributed by atoms with Crippen LogP contribution in [0.4, 0.5) is 10.1 Å². The van der Waals surface area contributed by atoms with Crippen LogP contribution in [0.25, 0.3) is 0 Å². The largest absolute Gasteiger partial charge is 0.479 e. The molecule has 0 radical (unpaired) electrons. The highest BCUT2D eigenvalue weighted by Gasteiger charge is 2.20. The van der Waals surface area contributed by atoms with Gasteiger partial charge in [0.15, 0.2) is 24.3 Å². The minimum atomic E-state index is -1.01. The van der Waals surface area contributed by atoms with E-state index in [1.807, 2.05) is 24.3 Å². The Kier molecular flexibility index (Phi) is 7.34. The minimum Gasteiger partial charge on any atom is -0.479 e. The number of carbonyl (C=O) groups is 2. The van der Waals surface area contributed by atoms with Gasteiger partial charge in [-0.2, -0.15) is 0 Å². The van der Waals surface area contributed by atoms with Gasteiger partial charge in [0.1, 0.15) is 0 Å². The topological polar surface area (TPSA) is 64.6 Å². The first-order valence-electron chi connectivity index (χ1n) is 8.89. The Morgan fingerprint density at radius 1 is 1.07 bits per heavy atom. The van der Waals surface area contributed by atoms with Crippen LogP contribution < -0.4 is 10.1 Å². The normalized spacial score (nSPS) is 12.7. The third-order valence-electron chi connectivity index (χ3n) is 4.22. The summed E-state index contributed by atoms with van der Waals surface area (Å²) in [6, 6.07) is 13.3. The molecule has 0 saturated heterocycles. The fourth-order valence-corrected chi connectivity index (χ4v) is 2.48. The van der Waals surface area contributed by atoms with Crippen molar-refractivity contribution in [2.75, 3.05) is 11.9 Å². The molecular weight excluding hydrogens is 349 g/mol. The minimum absolute atomic E-state index is 0.0472. The Bertz CT molecular complexity index is 793. The van der Waals surface area contributed by atoms with Crippen LogP contribution in [0.15, 0.2) is 48.5 Å². The Labute approximate surface area is 158 Å². The van der Waals surface area contributed by atoms with Gasteiger partial charge in [0.2, 0.25) is 0 Å². The maximum absolute atomic E-state index is 13.5. The molecule has 0 aliphatic heterocycles. The summed E-state index contributed by atoms with van der Waals surface area (Å²) < 4.78 is 23.6. The number of hydrogen-bond donors (Lipinski definition) is 1. The molecule has 0 bridgehead atoms. The molecule has 144 valence electrons. The predicted molar refractivity (Wildman–Crippen MR) is 101 cm³/mol. The fourth-order valence-electron chi connectivity index (χ4n) is 2.48. The van der Waals surface area contributed by atoms with Crippen LogP contribution in [0, 0.1) is 5.82 Å². The van der Waals surface area contributed by atoms with Crippen molar-refractivity contribution in [1.29, 1.82) is 0 Å². The van der Waals surface area contributed by atoms with Gasteiger partial charge in [-0.25, -0.2) is 9.18 Å². The van der Waals surface area contributed by atoms with Crippen LogP contribution in [0.3, 0.4) is 0 Å². The lowest BCUT2D eigenvalue weighted by Gasteiger charge is -2.18. The van der Waals surface area contributed by atoms with E-state index in [4.69, 9.17) is 9.47 Å². The molecule has 0 spiro atoms. The molecule has 0 aliphatic carbocycles. The van der Waals surface area contributed by atoms with Crippen molar-refractivity contribution in [3.63, 3.8) is 0 Å². The maximum Gasteiger partial charge on any atom is 0.344 e. The van der Waals surface area contributed by atoms with Crippen molar-refractivity contribution in [3.8, 4) is 5.75 Å². The molecule has 2 rings (SSSR count). The average Bonchev–Trinajstić information content (AvgIpc) is 2.67. The number of ether oxygens (including phenoxy) is 2. The maximum atomic E-state index is 13.5. The van der Waals surface area contributed by atoms with E-state index >= 15 is 0 Å². The quantitative estimate of drug-likeness (QED) is 0.701. The lowest BCUT2D eigenvalue weighted by Crippen LogP contribution is -2.32. The average molecular weight is 373 g/mol. The number of amides is 1. The first-order valence-corrected chi connectivity index (χ1v) is 8.89. The third kappa shape index (κ3) is 5.81. The SMILES string of the molecule is CC[C@@H](C)c1ccccc1NC(=O)[C@@H](C)OC(=O)COc1ccccc1F. The van der Waals surface area contributed by atoms with Crippen molar-refractivity contribution in [2.45, 2.75) is 39.2 Å². The molecule has 0 heterocycles. The van der Waals surface area contributed by atoms with E-state index in [1.165, 1.54) is 25.1 Å². The number of carbonyl (C=O) groups excluding carboxylic acids is 2. The monoisotopic (exact) mass is 373 g/mol. The van der Waals surface area contributed by atoms with Crippen LogP contribution in [-0.2, 0) is 14.3 Å². The Morgan fingerprint density at radius 2 is 1.74 bits per heavy atom. The Hall–Kier alpha value is -2.89. The molecule has 27 heavy (non-hydrogen) atoms. The van der Waals surface area contributed by atoms with Gasteiger partial charge in [0, 0.05) is 5.69 Å². The summed E-state index contributed by atoms with van der Waals surface area (Å²) in [5.41, 5.74) is 1.72. The van der Waals surface area contributed by atoms with Gasteiger partial charge in [0.05, 0.1) is 0 Å².